The Morgan fingerprint density at radius 2 is 1.65 bits per heavy atom. The number of rotatable bonds is 0. The van der Waals surface area contributed by atoms with Gasteiger partial charge in [-0.25, -0.2) is 0 Å². The molecule has 112 valence electrons. The van der Waals surface area contributed by atoms with Crippen LogP contribution < -0.4 is 11.0 Å². The van der Waals surface area contributed by atoms with Crippen LogP contribution in [-0.2, 0) is 5.41 Å². The Balaban J connectivity index is 2.21. The number of nitrogens with two attached hydrogens (primary N) is 1. The van der Waals surface area contributed by atoms with Crippen molar-refractivity contribution in [2.45, 2.75) is 25.7 Å². The van der Waals surface area contributed by atoms with Gasteiger partial charge in [-0.15, -0.1) is 0 Å². The Morgan fingerprint density at radius 3 is 2.52 bits per heavy atom. The van der Waals surface area contributed by atoms with E-state index in [4.69, 9.17) is 5.73 Å². The van der Waals surface area contributed by atoms with Crippen molar-refractivity contribution in [1.29, 1.82) is 0 Å². The third-order valence-electron chi connectivity index (χ3n) is 5.46. The summed E-state index contributed by atoms with van der Waals surface area (Å²) in [6, 6.07) is 17.5. The Bertz CT molecular complexity index is 1170. The van der Waals surface area contributed by atoms with Gasteiger partial charge in [0.15, 0.2) is 0 Å². The minimum Gasteiger partial charge on any atom is -0.399 e. The molecular weight excluding hydrogens is 278 g/mol. The van der Waals surface area contributed by atoms with Gasteiger partial charge in [0, 0.05) is 5.69 Å². The average molecular weight is 297 g/mol. The van der Waals surface area contributed by atoms with E-state index in [9.17, 15) is 0 Å². The Morgan fingerprint density at radius 1 is 0.870 bits per heavy atom. The molecule has 4 aromatic carbocycles. The second-order valence-electron chi connectivity index (χ2n) is 7.41. The van der Waals surface area contributed by atoms with E-state index in [0.29, 0.717) is 0 Å². The highest BCUT2D eigenvalue weighted by atomic mass is 14.5. The van der Waals surface area contributed by atoms with E-state index in [2.05, 4.69) is 68.5 Å². The van der Waals surface area contributed by atoms with Gasteiger partial charge in [-0.2, -0.15) is 0 Å². The summed E-state index contributed by atoms with van der Waals surface area (Å²) in [6.45, 7) is 4.68. The lowest BCUT2D eigenvalue weighted by Gasteiger charge is -2.30. The molecule has 0 atom stereocenters. The van der Waals surface area contributed by atoms with Crippen LogP contribution >= 0.6 is 0 Å². The van der Waals surface area contributed by atoms with Gasteiger partial charge in [0.2, 0.25) is 0 Å². The number of nitrogen functional groups attached to an aromatic ring is 1. The first kappa shape index (κ1) is 13.0. The number of anilines is 1. The molecule has 0 saturated carbocycles. The van der Waals surface area contributed by atoms with Crippen molar-refractivity contribution in [2.75, 3.05) is 5.73 Å². The average Bonchev–Trinajstić information content (AvgIpc) is 2.53. The predicted molar refractivity (Wildman–Crippen MR) is 101 cm³/mol. The smallest absolute Gasteiger partial charge is 0.0326 e. The van der Waals surface area contributed by atoms with Gasteiger partial charge in [-0.1, -0.05) is 56.3 Å². The van der Waals surface area contributed by atoms with Gasteiger partial charge in [0.05, 0.1) is 0 Å². The monoisotopic (exact) mass is 297 g/mol. The van der Waals surface area contributed by atoms with Crippen LogP contribution in [0.4, 0.5) is 5.69 Å². The van der Waals surface area contributed by atoms with E-state index < -0.39 is 0 Å². The topological polar surface area (TPSA) is 26.0 Å². The van der Waals surface area contributed by atoms with Gasteiger partial charge in [0.1, 0.15) is 0 Å². The summed E-state index contributed by atoms with van der Waals surface area (Å²) >= 11 is 0. The van der Waals surface area contributed by atoms with Crippen LogP contribution in [0.3, 0.4) is 0 Å². The standard InChI is InChI=1S/C22H19N/c1-22(2)10-9-17-15-6-3-5-13-11-14(23)12-18(20(13)15)16-7-4-8-19(22)21(16)17/h3-9,11-12H,10,23H2,1-2H3. The summed E-state index contributed by atoms with van der Waals surface area (Å²) in [5, 5.41) is 9.36. The molecule has 0 aliphatic heterocycles. The molecular formula is C22H19N. The quantitative estimate of drug-likeness (QED) is 0.278. The van der Waals surface area contributed by atoms with E-state index in [1.165, 1.54) is 43.1 Å². The summed E-state index contributed by atoms with van der Waals surface area (Å²) < 4.78 is 0. The molecule has 5 rings (SSSR count). The molecule has 0 bridgehead atoms. The molecule has 0 heterocycles. The molecule has 0 unspecified atom stereocenters. The molecule has 0 fully saturated rings. The second-order valence-corrected chi connectivity index (χ2v) is 7.41. The van der Waals surface area contributed by atoms with Crippen molar-refractivity contribution >= 4 is 44.1 Å². The van der Waals surface area contributed by atoms with E-state index >= 15 is 0 Å². The largest absolute Gasteiger partial charge is 0.399 e. The molecule has 1 nitrogen and oxygen atoms in total. The first-order valence-corrected chi connectivity index (χ1v) is 8.23. The van der Waals surface area contributed by atoms with Crippen molar-refractivity contribution in [1.82, 2.24) is 0 Å². The lowest BCUT2D eigenvalue weighted by atomic mass is 9.74. The van der Waals surface area contributed by atoms with Crippen LogP contribution in [-0.4, -0.2) is 0 Å². The fourth-order valence-electron chi connectivity index (χ4n) is 4.33. The van der Waals surface area contributed by atoms with Gasteiger partial charge in [-0.3, -0.25) is 0 Å². The first-order chi connectivity index (χ1) is 11.1. The molecule has 0 aromatic heterocycles. The van der Waals surface area contributed by atoms with Crippen LogP contribution in [0.5, 0.6) is 0 Å². The minimum atomic E-state index is 0.181. The molecule has 2 N–H and O–H groups in total. The van der Waals surface area contributed by atoms with Crippen molar-refractivity contribution < 1.29 is 0 Å². The zero-order chi connectivity index (χ0) is 15.8. The highest BCUT2D eigenvalue weighted by molar-refractivity contribution is 6.23. The summed E-state index contributed by atoms with van der Waals surface area (Å²) in [7, 11) is 0. The summed E-state index contributed by atoms with van der Waals surface area (Å²) in [4.78, 5) is 0. The van der Waals surface area contributed by atoms with Crippen molar-refractivity contribution in [3.8, 4) is 0 Å². The van der Waals surface area contributed by atoms with Crippen LogP contribution in [0.2, 0.25) is 0 Å². The predicted octanol–water partition coefficient (Wildman–Crippen LogP) is 4.91. The highest BCUT2D eigenvalue weighted by Crippen LogP contribution is 2.40. The number of hydrogen-bond acceptors (Lipinski definition) is 1. The van der Waals surface area contributed by atoms with Crippen molar-refractivity contribution in [3.63, 3.8) is 0 Å². The normalized spacial score (nSPS) is 16.1. The molecule has 1 aliphatic carbocycles. The zero-order valence-corrected chi connectivity index (χ0v) is 13.5. The maximum Gasteiger partial charge on any atom is 0.0326 e. The lowest BCUT2D eigenvalue weighted by Crippen LogP contribution is -2.25. The van der Waals surface area contributed by atoms with Gasteiger partial charge in [0.25, 0.3) is 0 Å². The van der Waals surface area contributed by atoms with Gasteiger partial charge < -0.3 is 5.73 Å². The third kappa shape index (κ3) is 1.57. The van der Waals surface area contributed by atoms with Crippen LogP contribution in [0.15, 0.2) is 48.5 Å². The molecule has 1 aliphatic rings. The van der Waals surface area contributed by atoms with E-state index in [0.717, 1.165) is 12.1 Å². The van der Waals surface area contributed by atoms with Gasteiger partial charge >= 0.3 is 0 Å². The first-order valence-electron chi connectivity index (χ1n) is 8.23. The number of benzene rings is 4. The fraction of sp³-hybridized carbons (Fsp3) is 0.182. The maximum absolute atomic E-state index is 6.19. The maximum atomic E-state index is 6.19. The fourth-order valence-corrected chi connectivity index (χ4v) is 4.33. The van der Waals surface area contributed by atoms with Crippen LogP contribution in [0.1, 0.15) is 25.8 Å². The Kier molecular flexibility index (Phi) is 2.28. The molecule has 0 radical (unpaired) electrons. The van der Waals surface area contributed by atoms with E-state index in [1.54, 1.807) is 0 Å². The SMILES string of the molecule is CC1(C)CC=c2c3cccc4cc(N)cc(c5cccc1c25)c43. The molecule has 1 heteroatoms. The Labute approximate surface area is 135 Å². The molecule has 0 amide bonds. The number of fused-ring (bicyclic) bond motifs is 2. The summed E-state index contributed by atoms with van der Waals surface area (Å²) in [6.07, 6.45) is 3.51. The van der Waals surface area contributed by atoms with Gasteiger partial charge in [-0.05, 0) is 67.1 Å². The van der Waals surface area contributed by atoms with Crippen molar-refractivity contribution in [2.24, 2.45) is 0 Å². The highest BCUT2D eigenvalue weighted by Gasteiger charge is 2.26. The second kappa shape index (κ2) is 4.05. The minimum absolute atomic E-state index is 0.181. The molecule has 23 heavy (non-hydrogen) atoms. The zero-order valence-electron chi connectivity index (χ0n) is 13.5. The molecule has 4 aromatic rings. The molecule has 0 saturated heterocycles. The van der Waals surface area contributed by atoms with E-state index in [-0.39, 0.29) is 5.41 Å². The number of hydrogen-bond donors (Lipinski definition) is 1. The molecule has 0 spiro atoms. The third-order valence-corrected chi connectivity index (χ3v) is 5.46. The van der Waals surface area contributed by atoms with Crippen molar-refractivity contribution in [3.05, 3.63) is 59.3 Å². The van der Waals surface area contributed by atoms with E-state index in [1.807, 2.05) is 0 Å². The summed E-state index contributed by atoms with van der Waals surface area (Å²) in [5.74, 6) is 0. The van der Waals surface area contributed by atoms with Crippen LogP contribution in [0, 0.1) is 0 Å². The summed E-state index contributed by atoms with van der Waals surface area (Å²) in [5.41, 5.74) is 8.66. The lowest BCUT2D eigenvalue weighted by molar-refractivity contribution is 0.548. The Hall–Kier alpha value is -2.54. The van der Waals surface area contributed by atoms with Crippen LogP contribution in [0.25, 0.3) is 38.4 Å².